The second kappa shape index (κ2) is 8.48. The Kier molecular flexibility index (Phi) is 5.58. The highest BCUT2D eigenvalue weighted by atomic mass is 16.5. The van der Waals surface area contributed by atoms with E-state index in [0.717, 1.165) is 16.5 Å². The molecule has 0 saturated carbocycles. The molecule has 0 unspecified atom stereocenters. The SMILES string of the molecule is COc1ccc(C(=O)Oc2ccc3c(C)c(Cc4ccccc4)c(=O)oc3c2C)cc1. The first-order valence-electron chi connectivity index (χ1n) is 9.94. The lowest BCUT2D eigenvalue weighted by Gasteiger charge is -2.13. The van der Waals surface area contributed by atoms with Crippen molar-refractivity contribution < 1.29 is 18.7 Å². The van der Waals surface area contributed by atoms with E-state index < -0.39 is 5.97 Å². The zero-order chi connectivity index (χ0) is 22.0. The van der Waals surface area contributed by atoms with Gasteiger partial charge in [-0.05, 0) is 61.4 Å². The van der Waals surface area contributed by atoms with Gasteiger partial charge in [-0.25, -0.2) is 9.59 Å². The first kappa shape index (κ1) is 20.4. The van der Waals surface area contributed by atoms with Gasteiger partial charge < -0.3 is 13.9 Å². The van der Waals surface area contributed by atoms with E-state index in [2.05, 4.69) is 0 Å². The lowest BCUT2D eigenvalue weighted by Crippen LogP contribution is -2.12. The summed E-state index contributed by atoms with van der Waals surface area (Å²) >= 11 is 0. The number of ether oxygens (including phenoxy) is 2. The minimum Gasteiger partial charge on any atom is -0.497 e. The molecule has 4 rings (SSSR count). The van der Waals surface area contributed by atoms with Crippen LogP contribution in [0.15, 0.2) is 75.9 Å². The topological polar surface area (TPSA) is 65.7 Å². The number of hydrogen-bond acceptors (Lipinski definition) is 5. The van der Waals surface area contributed by atoms with Crippen molar-refractivity contribution in [1.82, 2.24) is 0 Å². The smallest absolute Gasteiger partial charge is 0.343 e. The van der Waals surface area contributed by atoms with E-state index in [1.54, 1.807) is 44.4 Å². The van der Waals surface area contributed by atoms with Crippen molar-refractivity contribution >= 4 is 16.9 Å². The molecule has 3 aromatic carbocycles. The minimum atomic E-state index is -0.495. The lowest BCUT2D eigenvalue weighted by molar-refractivity contribution is 0.0733. The number of esters is 1. The van der Waals surface area contributed by atoms with Gasteiger partial charge in [-0.2, -0.15) is 0 Å². The van der Waals surface area contributed by atoms with Gasteiger partial charge >= 0.3 is 11.6 Å². The summed E-state index contributed by atoms with van der Waals surface area (Å²) in [6.45, 7) is 3.69. The quantitative estimate of drug-likeness (QED) is 0.254. The average molecular weight is 414 g/mol. The molecule has 4 aromatic rings. The summed E-state index contributed by atoms with van der Waals surface area (Å²) in [5.74, 6) is 0.513. The number of fused-ring (bicyclic) bond motifs is 1. The molecule has 0 fully saturated rings. The zero-order valence-electron chi connectivity index (χ0n) is 17.6. The molecule has 1 aromatic heterocycles. The predicted molar refractivity (Wildman–Crippen MR) is 119 cm³/mol. The van der Waals surface area contributed by atoms with E-state index in [1.807, 2.05) is 43.3 Å². The van der Waals surface area contributed by atoms with E-state index >= 15 is 0 Å². The average Bonchev–Trinajstić information content (AvgIpc) is 2.79. The van der Waals surface area contributed by atoms with Crippen molar-refractivity contribution in [1.29, 1.82) is 0 Å². The maximum Gasteiger partial charge on any atom is 0.343 e. The van der Waals surface area contributed by atoms with Crippen LogP contribution in [0.5, 0.6) is 11.5 Å². The van der Waals surface area contributed by atoms with Crippen LogP contribution >= 0.6 is 0 Å². The van der Waals surface area contributed by atoms with Gasteiger partial charge in [-0.3, -0.25) is 0 Å². The molecular weight excluding hydrogens is 392 g/mol. The Balaban J connectivity index is 1.68. The summed E-state index contributed by atoms with van der Waals surface area (Å²) in [6, 6.07) is 20.0. The highest BCUT2D eigenvalue weighted by Gasteiger charge is 2.17. The van der Waals surface area contributed by atoms with E-state index in [-0.39, 0.29) is 5.63 Å². The number of rotatable bonds is 5. The van der Waals surface area contributed by atoms with Gasteiger partial charge in [0.25, 0.3) is 0 Å². The first-order chi connectivity index (χ1) is 15.0. The molecule has 0 aliphatic heterocycles. The van der Waals surface area contributed by atoms with Crippen molar-refractivity contribution in [3.05, 3.63) is 105 Å². The molecule has 31 heavy (non-hydrogen) atoms. The molecule has 0 spiro atoms. The largest absolute Gasteiger partial charge is 0.497 e. The summed E-state index contributed by atoms with van der Waals surface area (Å²) in [6.07, 6.45) is 0.498. The highest BCUT2D eigenvalue weighted by Crippen LogP contribution is 2.30. The Bertz CT molecular complexity index is 1300. The molecule has 0 N–H and O–H groups in total. The molecule has 0 aliphatic carbocycles. The Hall–Kier alpha value is -3.86. The van der Waals surface area contributed by atoms with Gasteiger partial charge in [0.15, 0.2) is 0 Å². The van der Waals surface area contributed by atoms with E-state index in [4.69, 9.17) is 13.9 Å². The van der Waals surface area contributed by atoms with Crippen LogP contribution in [0, 0.1) is 13.8 Å². The normalized spacial score (nSPS) is 10.8. The molecule has 0 saturated heterocycles. The summed E-state index contributed by atoms with van der Waals surface area (Å²) in [5, 5.41) is 0.826. The van der Waals surface area contributed by atoms with Crippen LogP contribution in [-0.4, -0.2) is 13.1 Å². The summed E-state index contributed by atoms with van der Waals surface area (Å²) in [4.78, 5) is 25.3. The Morgan fingerprint density at radius 2 is 1.61 bits per heavy atom. The van der Waals surface area contributed by atoms with Crippen LogP contribution in [-0.2, 0) is 6.42 Å². The van der Waals surface area contributed by atoms with Crippen molar-refractivity contribution in [2.45, 2.75) is 20.3 Å². The fraction of sp³-hybridized carbons (Fsp3) is 0.154. The fourth-order valence-electron chi connectivity index (χ4n) is 3.57. The molecule has 0 atom stereocenters. The van der Waals surface area contributed by atoms with Crippen LogP contribution in [0.3, 0.4) is 0 Å². The number of carbonyl (C=O) groups is 1. The highest BCUT2D eigenvalue weighted by molar-refractivity contribution is 5.93. The molecule has 1 heterocycles. The molecule has 156 valence electrons. The number of benzene rings is 3. The van der Waals surface area contributed by atoms with Gasteiger partial charge in [0.05, 0.1) is 12.7 Å². The third kappa shape index (κ3) is 4.08. The van der Waals surface area contributed by atoms with Gasteiger partial charge in [0.1, 0.15) is 17.1 Å². The van der Waals surface area contributed by atoms with Gasteiger partial charge in [-0.15, -0.1) is 0 Å². The molecule has 0 bridgehead atoms. The third-order valence-corrected chi connectivity index (χ3v) is 5.41. The van der Waals surface area contributed by atoms with E-state index in [9.17, 15) is 9.59 Å². The van der Waals surface area contributed by atoms with Crippen LogP contribution < -0.4 is 15.1 Å². The van der Waals surface area contributed by atoms with Gasteiger partial charge in [0.2, 0.25) is 0 Å². The number of aryl methyl sites for hydroxylation is 2. The standard InChI is InChI=1S/C26H22O5/c1-16-21-13-14-23(30-25(27)19-9-11-20(29-3)12-10-19)17(2)24(21)31-26(28)22(16)15-18-7-5-4-6-8-18/h4-14H,15H2,1-3H3. The van der Waals surface area contributed by atoms with Crippen molar-refractivity contribution in [2.75, 3.05) is 7.11 Å². The number of carbonyl (C=O) groups excluding carboxylic acids is 1. The maximum atomic E-state index is 12.7. The number of hydrogen-bond donors (Lipinski definition) is 0. The Morgan fingerprint density at radius 3 is 2.29 bits per heavy atom. The molecular formula is C26H22O5. The second-order valence-electron chi connectivity index (χ2n) is 7.34. The van der Waals surface area contributed by atoms with Crippen molar-refractivity contribution in [3.63, 3.8) is 0 Å². The van der Waals surface area contributed by atoms with Crippen LogP contribution in [0.2, 0.25) is 0 Å². The van der Waals surface area contributed by atoms with Crippen LogP contribution in [0.4, 0.5) is 0 Å². The summed E-state index contributed by atoms with van der Waals surface area (Å²) in [7, 11) is 1.56. The van der Waals surface area contributed by atoms with Crippen LogP contribution in [0.1, 0.15) is 32.6 Å². The first-order valence-corrected chi connectivity index (χ1v) is 9.94. The van der Waals surface area contributed by atoms with E-state index in [1.165, 1.54) is 0 Å². The Labute approximate surface area is 179 Å². The zero-order valence-corrected chi connectivity index (χ0v) is 17.6. The van der Waals surface area contributed by atoms with Crippen molar-refractivity contribution in [2.24, 2.45) is 0 Å². The summed E-state index contributed by atoms with van der Waals surface area (Å²) < 4.78 is 16.4. The third-order valence-electron chi connectivity index (χ3n) is 5.41. The van der Waals surface area contributed by atoms with Crippen LogP contribution in [0.25, 0.3) is 11.0 Å². The van der Waals surface area contributed by atoms with Crippen molar-refractivity contribution in [3.8, 4) is 11.5 Å². The minimum absolute atomic E-state index is 0.353. The van der Waals surface area contributed by atoms with Gasteiger partial charge in [-0.1, -0.05) is 30.3 Å². The van der Waals surface area contributed by atoms with E-state index in [0.29, 0.717) is 40.2 Å². The monoisotopic (exact) mass is 414 g/mol. The number of methoxy groups -OCH3 is 1. The molecule has 5 nitrogen and oxygen atoms in total. The fourth-order valence-corrected chi connectivity index (χ4v) is 3.57. The Morgan fingerprint density at radius 1 is 0.903 bits per heavy atom. The molecule has 0 radical (unpaired) electrons. The second-order valence-corrected chi connectivity index (χ2v) is 7.34. The molecule has 5 heteroatoms. The predicted octanol–water partition coefficient (Wildman–Crippen LogP) is 5.23. The summed E-state index contributed by atoms with van der Waals surface area (Å²) in [5.41, 5.74) is 3.59. The molecule has 0 amide bonds. The molecule has 0 aliphatic rings. The van der Waals surface area contributed by atoms with Gasteiger partial charge in [0, 0.05) is 22.9 Å². The lowest BCUT2D eigenvalue weighted by atomic mass is 9.98. The maximum absolute atomic E-state index is 12.7.